The number of anilines is 2. The lowest BCUT2D eigenvalue weighted by atomic mass is 10.2. The fourth-order valence-corrected chi connectivity index (χ4v) is 4.53. The van der Waals surface area contributed by atoms with E-state index in [0.717, 1.165) is 0 Å². The summed E-state index contributed by atoms with van der Waals surface area (Å²) in [5.41, 5.74) is 0.824. The molecule has 0 bridgehead atoms. The van der Waals surface area contributed by atoms with Crippen LogP contribution in [0.1, 0.15) is 16.9 Å². The van der Waals surface area contributed by atoms with E-state index in [9.17, 15) is 13.2 Å². The molecule has 1 aromatic heterocycles. The van der Waals surface area contributed by atoms with Crippen molar-refractivity contribution in [3.63, 3.8) is 0 Å². The molecule has 1 aromatic carbocycles. The van der Waals surface area contributed by atoms with Crippen molar-refractivity contribution in [2.75, 3.05) is 35.9 Å². The highest BCUT2D eigenvalue weighted by Gasteiger charge is 2.31. The molecule has 138 valence electrons. The molecule has 1 N–H and O–H groups in total. The van der Waals surface area contributed by atoms with E-state index in [1.807, 2.05) is 0 Å². The van der Waals surface area contributed by atoms with E-state index in [1.165, 1.54) is 12.3 Å². The minimum Gasteiger partial charge on any atom is -0.497 e. The predicted molar refractivity (Wildman–Crippen MR) is 98.4 cm³/mol. The first kappa shape index (κ1) is 18.1. The van der Waals surface area contributed by atoms with E-state index in [0.29, 0.717) is 23.8 Å². The molecular formula is C17H20N4O4S. The highest BCUT2D eigenvalue weighted by Crippen LogP contribution is 2.20. The second-order valence-electron chi connectivity index (χ2n) is 6.09. The lowest BCUT2D eigenvalue weighted by molar-refractivity contribution is 0.102. The van der Waals surface area contributed by atoms with E-state index in [4.69, 9.17) is 4.74 Å². The number of hydrogen-bond donors (Lipinski definition) is 1. The van der Waals surface area contributed by atoms with Gasteiger partial charge in [-0.1, -0.05) is 0 Å². The first-order chi connectivity index (χ1) is 12.4. The van der Waals surface area contributed by atoms with E-state index < -0.39 is 9.84 Å². The van der Waals surface area contributed by atoms with Crippen LogP contribution in [0.5, 0.6) is 5.75 Å². The van der Waals surface area contributed by atoms with Crippen LogP contribution in [0.25, 0.3) is 0 Å². The summed E-state index contributed by atoms with van der Waals surface area (Å²) in [7, 11) is 0.305. The minimum atomic E-state index is -3.01. The van der Waals surface area contributed by atoms with Crippen LogP contribution < -0.4 is 15.0 Å². The van der Waals surface area contributed by atoms with Crippen LogP contribution in [0.3, 0.4) is 0 Å². The summed E-state index contributed by atoms with van der Waals surface area (Å²) in [5.74, 6) is 0.899. The van der Waals surface area contributed by atoms with Crippen LogP contribution in [0.15, 0.2) is 36.5 Å². The van der Waals surface area contributed by atoms with Gasteiger partial charge in [-0.05, 0) is 36.8 Å². The highest BCUT2D eigenvalue weighted by atomic mass is 32.2. The maximum absolute atomic E-state index is 12.4. The Labute approximate surface area is 152 Å². The zero-order valence-electron chi connectivity index (χ0n) is 14.5. The topological polar surface area (TPSA) is 101 Å². The van der Waals surface area contributed by atoms with Crippen LogP contribution in [-0.4, -0.2) is 56.0 Å². The lowest BCUT2D eigenvalue weighted by Gasteiger charge is -2.23. The molecule has 1 saturated heterocycles. The first-order valence-corrected chi connectivity index (χ1v) is 9.92. The number of aromatic nitrogens is 2. The molecule has 1 aliphatic rings. The zero-order valence-corrected chi connectivity index (χ0v) is 15.4. The Bertz CT molecular complexity index is 899. The van der Waals surface area contributed by atoms with E-state index in [-0.39, 0.29) is 29.1 Å². The summed E-state index contributed by atoms with van der Waals surface area (Å²) in [6.07, 6.45) is 2.02. The number of rotatable bonds is 5. The van der Waals surface area contributed by atoms with Crippen molar-refractivity contribution < 1.29 is 17.9 Å². The smallest absolute Gasteiger partial charge is 0.274 e. The maximum Gasteiger partial charge on any atom is 0.274 e. The van der Waals surface area contributed by atoms with Crippen LogP contribution >= 0.6 is 0 Å². The van der Waals surface area contributed by atoms with Crippen molar-refractivity contribution in [1.82, 2.24) is 9.97 Å². The largest absolute Gasteiger partial charge is 0.497 e. The summed E-state index contributed by atoms with van der Waals surface area (Å²) in [6, 6.07) is 8.29. The molecule has 1 amide bonds. The molecule has 0 spiro atoms. The van der Waals surface area contributed by atoms with Gasteiger partial charge in [0.25, 0.3) is 5.91 Å². The molecule has 1 fully saturated rings. The van der Waals surface area contributed by atoms with Gasteiger partial charge in [0, 0.05) is 25.0 Å². The molecule has 8 nitrogen and oxygen atoms in total. The number of carbonyl (C=O) groups is 1. The maximum atomic E-state index is 12.4. The molecule has 2 aromatic rings. The quantitative estimate of drug-likeness (QED) is 0.841. The molecule has 0 saturated carbocycles. The van der Waals surface area contributed by atoms with Gasteiger partial charge >= 0.3 is 0 Å². The number of methoxy groups -OCH3 is 1. The SMILES string of the molecule is COc1ccc(NC(=O)c2ccnc(N(C)C3CCS(=O)(=O)C3)n2)cc1. The van der Waals surface area contributed by atoms with Gasteiger partial charge in [-0.15, -0.1) is 0 Å². The van der Waals surface area contributed by atoms with Crippen LogP contribution in [0, 0.1) is 0 Å². The number of nitrogens with zero attached hydrogens (tertiary/aromatic N) is 3. The van der Waals surface area contributed by atoms with Crippen molar-refractivity contribution >= 4 is 27.4 Å². The average molecular weight is 376 g/mol. The molecule has 3 rings (SSSR count). The summed E-state index contributed by atoms with van der Waals surface area (Å²) in [4.78, 5) is 22.6. The molecular weight excluding hydrogens is 356 g/mol. The standard InChI is InChI=1S/C17H20N4O4S/c1-21(13-8-10-26(23,24)11-13)17-18-9-7-15(20-17)16(22)19-12-3-5-14(25-2)6-4-12/h3-7,9,13H,8,10-11H2,1-2H3,(H,19,22). The third-order valence-electron chi connectivity index (χ3n) is 4.29. The van der Waals surface area contributed by atoms with Gasteiger partial charge < -0.3 is 15.0 Å². The number of hydrogen-bond acceptors (Lipinski definition) is 7. The number of sulfone groups is 1. The average Bonchev–Trinajstić information content (AvgIpc) is 3.01. The molecule has 1 unspecified atom stereocenters. The highest BCUT2D eigenvalue weighted by molar-refractivity contribution is 7.91. The Hall–Kier alpha value is -2.68. The van der Waals surface area contributed by atoms with Gasteiger partial charge in [0.1, 0.15) is 11.4 Å². The summed E-state index contributed by atoms with van der Waals surface area (Å²) in [5, 5.41) is 2.76. The van der Waals surface area contributed by atoms with Crippen molar-refractivity contribution in [2.45, 2.75) is 12.5 Å². The van der Waals surface area contributed by atoms with E-state index in [2.05, 4.69) is 15.3 Å². The van der Waals surface area contributed by atoms with Crippen LogP contribution in [-0.2, 0) is 9.84 Å². The van der Waals surface area contributed by atoms with Gasteiger partial charge in [-0.25, -0.2) is 18.4 Å². The van der Waals surface area contributed by atoms with Crippen molar-refractivity contribution in [3.8, 4) is 5.75 Å². The third-order valence-corrected chi connectivity index (χ3v) is 6.05. The summed E-state index contributed by atoms with van der Waals surface area (Å²) in [6.45, 7) is 0. The van der Waals surface area contributed by atoms with Gasteiger partial charge in [0.2, 0.25) is 5.95 Å². The van der Waals surface area contributed by atoms with Crippen molar-refractivity contribution in [1.29, 1.82) is 0 Å². The molecule has 0 radical (unpaired) electrons. The van der Waals surface area contributed by atoms with Gasteiger partial charge in [-0.2, -0.15) is 0 Å². The lowest BCUT2D eigenvalue weighted by Crippen LogP contribution is -2.34. The number of benzene rings is 1. The van der Waals surface area contributed by atoms with Gasteiger partial charge in [-0.3, -0.25) is 4.79 Å². The predicted octanol–water partition coefficient (Wildman–Crippen LogP) is 1.36. The molecule has 0 aliphatic carbocycles. The van der Waals surface area contributed by atoms with Crippen LogP contribution in [0.4, 0.5) is 11.6 Å². The molecule has 2 heterocycles. The van der Waals surface area contributed by atoms with Crippen LogP contribution in [0.2, 0.25) is 0 Å². The second kappa shape index (κ2) is 7.28. The second-order valence-corrected chi connectivity index (χ2v) is 8.32. The molecule has 26 heavy (non-hydrogen) atoms. The van der Waals surface area contributed by atoms with Gasteiger partial charge in [0.05, 0.1) is 18.6 Å². The fraction of sp³-hybridized carbons (Fsp3) is 0.353. The normalized spacial score (nSPS) is 18.3. The Kier molecular flexibility index (Phi) is 5.08. The monoisotopic (exact) mass is 376 g/mol. The molecule has 9 heteroatoms. The number of carbonyl (C=O) groups excluding carboxylic acids is 1. The minimum absolute atomic E-state index is 0.0785. The number of amides is 1. The van der Waals surface area contributed by atoms with Gasteiger partial charge in [0.15, 0.2) is 9.84 Å². The zero-order chi connectivity index (χ0) is 18.7. The fourth-order valence-electron chi connectivity index (χ4n) is 2.76. The number of ether oxygens (including phenoxy) is 1. The van der Waals surface area contributed by atoms with E-state index in [1.54, 1.807) is 43.3 Å². The first-order valence-electron chi connectivity index (χ1n) is 8.10. The molecule has 1 aliphatic heterocycles. The third kappa shape index (κ3) is 4.10. The Morgan fingerprint density at radius 2 is 2.00 bits per heavy atom. The summed E-state index contributed by atoms with van der Waals surface area (Å²) >= 11 is 0. The Morgan fingerprint density at radius 1 is 1.27 bits per heavy atom. The summed E-state index contributed by atoms with van der Waals surface area (Å²) < 4.78 is 28.4. The Balaban J connectivity index is 1.72. The van der Waals surface area contributed by atoms with Crippen molar-refractivity contribution in [2.24, 2.45) is 0 Å². The molecule has 1 atom stereocenters. The Morgan fingerprint density at radius 3 is 2.62 bits per heavy atom. The number of nitrogens with one attached hydrogen (secondary N) is 1. The van der Waals surface area contributed by atoms with E-state index >= 15 is 0 Å². The van der Waals surface area contributed by atoms with Crippen molar-refractivity contribution in [3.05, 3.63) is 42.2 Å².